The SMILES string of the molecule is COCCN(CC(=O)Nc1nc(-c2ccc(OC)cc2)cn1-c1ccc(F)cc1)C(=O)CC(C)C. The summed E-state index contributed by atoms with van der Waals surface area (Å²) in [5, 5.41) is 2.81. The Kier molecular flexibility index (Phi) is 8.97. The number of hydrogen-bond acceptors (Lipinski definition) is 5. The molecule has 8 nitrogen and oxygen atoms in total. The number of rotatable bonds is 11. The van der Waals surface area contributed by atoms with Gasteiger partial charge in [-0.3, -0.25) is 19.5 Å². The first kappa shape index (κ1) is 25.9. The maximum atomic E-state index is 13.5. The van der Waals surface area contributed by atoms with Gasteiger partial charge in [-0.2, -0.15) is 0 Å². The van der Waals surface area contributed by atoms with Gasteiger partial charge >= 0.3 is 0 Å². The molecule has 0 fully saturated rings. The Morgan fingerprint density at radius 1 is 1.09 bits per heavy atom. The number of carbonyl (C=O) groups is 2. The molecular formula is C26H31FN4O4. The number of benzene rings is 2. The molecule has 0 radical (unpaired) electrons. The van der Waals surface area contributed by atoms with Crippen molar-refractivity contribution in [2.24, 2.45) is 5.92 Å². The molecule has 2 aromatic carbocycles. The summed E-state index contributed by atoms with van der Waals surface area (Å²) in [6.07, 6.45) is 2.10. The zero-order valence-corrected chi connectivity index (χ0v) is 20.5. The fourth-order valence-corrected chi connectivity index (χ4v) is 3.48. The summed E-state index contributed by atoms with van der Waals surface area (Å²) in [6, 6.07) is 13.2. The van der Waals surface area contributed by atoms with Crippen molar-refractivity contribution in [2.45, 2.75) is 20.3 Å². The number of amides is 2. The van der Waals surface area contributed by atoms with Crippen molar-refractivity contribution in [3.8, 4) is 22.7 Å². The van der Waals surface area contributed by atoms with E-state index in [-0.39, 0.29) is 30.1 Å². The van der Waals surface area contributed by atoms with Gasteiger partial charge in [0, 0.05) is 37.5 Å². The lowest BCUT2D eigenvalue weighted by atomic mass is 10.1. The van der Waals surface area contributed by atoms with Crippen molar-refractivity contribution in [1.82, 2.24) is 14.5 Å². The summed E-state index contributed by atoms with van der Waals surface area (Å²) < 4.78 is 25.5. The van der Waals surface area contributed by atoms with E-state index in [0.29, 0.717) is 36.7 Å². The number of halogens is 1. The van der Waals surface area contributed by atoms with Crippen molar-refractivity contribution < 1.29 is 23.5 Å². The van der Waals surface area contributed by atoms with Crippen LogP contribution >= 0.6 is 0 Å². The number of nitrogens with one attached hydrogen (secondary N) is 1. The number of hydrogen-bond donors (Lipinski definition) is 1. The Morgan fingerprint density at radius 3 is 2.37 bits per heavy atom. The second-order valence-corrected chi connectivity index (χ2v) is 8.48. The fraction of sp³-hybridized carbons (Fsp3) is 0.346. The first-order valence-corrected chi connectivity index (χ1v) is 11.4. The van der Waals surface area contributed by atoms with Crippen LogP contribution in [0.15, 0.2) is 54.7 Å². The summed E-state index contributed by atoms with van der Waals surface area (Å²) in [4.78, 5) is 31.7. The third-order valence-electron chi connectivity index (χ3n) is 5.28. The number of methoxy groups -OCH3 is 2. The van der Waals surface area contributed by atoms with Gasteiger partial charge in [0.1, 0.15) is 18.1 Å². The molecule has 0 saturated carbocycles. The minimum absolute atomic E-state index is 0.118. The number of carbonyl (C=O) groups excluding carboxylic acids is 2. The van der Waals surface area contributed by atoms with Crippen LogP contribution in [-0.4, -0.2) is 60.2 Å². The molecular weight excluding hydrogens is 451 g/mol. The Balaban J connectivity index is 1.87. The highest BCUT2D eigenvalue weighted by Crippen LogP contribution is 2.26. The van der Waals surface area contributed by atoms with Crippen molar-refractivity contribution in [3.63, 3.8) is 0 Å². The van der Waals surface area contributed by atoms with Crippen molar-refractivity contribution >= 4 is 17.8 Å². The van der Waals surface area contributed by atoms with Gasteiger partial charge in [0.25, 0.3) is 0 Å². The Labute approximate surface area is 204 Å². The van der Waals surface area contributed by atoms with Gasteiger partial charge in [-0.15, -0.1) is 0 Å². The van der Waals surface area contributed by atoms with E-state index >= 15 is 0 Å². The van der Waals surface area contributed by atoms with E-state index in [9.17, 15) is 14.0 Å². The van der Waals surface area contributed by atoms with E-state index in [2.05, 4.69) is 10.3 Å². The molecule has 0 saturated heterocycles. The van der Waals surface area contributed by atoms with E-state index in [1.807, 2.05) is 38.1 Å². The topological polar surface area (TPSA) is 85.7 Å². The molecule has 0 atom stereocenters. The Morgan fingerprint density at radius 2 is 1.77 bits per heavy atom. The molecule has 9 heteroatoms. The van der Waals surface area contributed by atoms with Gasteiger partial charge in [-0.1, -0.05) is 13.8 Å². The van der Waals surface area contributed by atoms with Crippen LogP contribution in [0.4, 0.5) is 10.3 Å². The van der Waals surface area contributed by atoms with Crippen LogP contribution in [0, 0.1) is 11.7 Å². The summed E-state index contributed by atoms with van der Waals surface area (Å²) >= 11 is 0. The molecule has 0 aliphatic carbocycles. The summed E-state index contributed by atoms with van der Waals surface area (Å²) in [5.74, 6) is 0.256. The molecule has 1 aromatic heterocycles. The standard InChI is InChI=1S/C26H31FN4O4/c1-18(2)15-25(33)30(13-14-34-3)17-24(32)29-26-28-23(19-5-11-22(35-4)12-6-19)16-31(26)21-9-7-20(27)8-10-21/h5-12,16,18H,13-15,17H2,1-4H3,(H,28,29,32). The molecule has 186 valence electrons. The maximum Gasteiger partial charge on any atom is 0.246 e. The van der Waals surface area contributed by atoms with Crippen LogP contribution < -0.4 is 10.1 Å². The number of imidazole rings is 1. The monoisotopic (exact) mass is 482 g/mol. The van der Waals surface area contributed by atoms with Crippen LogP contribution in [0.3, 0.4) is 0 Å². The maximum absolute atomic E-state index is 13.5. The van der Waals surface area contributed by atoms with Gasteiger partial charge in [-0.05, 0) is 54.4 Å². The predicted octanol–water partition coefficient (Wildman–Crippen LogP) is 4.15. The molecule has 1 heterocycles. The highest BCUT2D eigenvalue weighted by atomic mass is 19.1. The van der Waals surface area contributed by atoms with Crippen LogP contribution in [0.1, 0.15) is 20.3 Å². The number of aromatic nitrogens is 2. The average molecular weight is 483 g/mol. The highest BCUT2D eigenvalue weighted by molar-refractivity contribution is 5.94. The number of nitrogens with zero attached hydrogens (tertiary/aromatic N) is 3. The first-order valence-electron chi connectivity index (χ1n) is 11.4. The minimum Gasteiger partial charge on any atom is -0.497 e. The summed E-state index contributed by atoms with van der Waals surface area (Å²) in [6.45, 7) is 4.39. The fourth-order valence-electron chi connectivity index (χ4n) is 3.48. The molecule has 0 spiro atoms. The van der Waals surface area contributed by atoms with Crippen molar-refractivity contribution in [2.75, 3.05) is 39.2 Å². The lowest BCUT2D eigenvalue weighted by Crippen LogP contribution is -2.40. The normalized spacial score (nSPS) is 10.9. The Bertz CT molecular complexity index is 1130. The predicted molar refractivity (Wildman–Crippen MR) is 132 cm³/mol. The van der Waals surface area contributed by atoms with Crippen LogP contribution in [-0.2, 0) is 14.3 Å². The lowest BCUT2D eigenvalue weighted by Gasteiger charge is -2.22. The zero-order valence-electron chi connectivity index (χ0n) is 20.5. The summed E-state index contributed by atoms with van der Waals surface area (Å²) in [7, 11) is 3.14. The highest BCUT2D eigenvalue weighted by Gasteiger charge is 2.20. The van der Waals surface area contributed by atoms with Gasteiger partial charge in [0.15, 0.2) is 0 Å². The van der Waals surface area contributed by atoms with Gasteiger partial charge in [0.2, 0.25) is 17.8 Å². The van der Waals surface area contributed by atoms with E-state index in [1.165, 1.54) is 17.0 Å². The van der Waals surface area contributed by atoms with Crippen molar-refractivity contribution in [3.05, 3.63) is 60.5 Å². The quantitative estimate of drug-likeness (QED) is 0.444. The molecule has 0 bridgehead atoms. The molecule has 35 heavy (non-hydrogen) atoms. The third-order valence-corrected chi connectivity index (χ3v) is 5.28. The average Bonchev–Trinajstić information content (AvgIpc) is 3.25. The largest absolute Gasteiger partial charge is 0.497 e. The number of anilines is 1. The van der Waals surface area contributed by atoms with Crippen LogP contribution in [0.5, 0.6) is 5.75 Å². The molecule has 0 aliphatic rings. The van der Waals surface area contributed by atoms with Gasteiger partial charge < -0.3 is 14.4 Å². The second kappa shape index (κ2) is 12.1. The molecule has 3 aromatic rings. The minimum atomic E-state index is -0.395. The molecule has 0 unspecified atom stereocenters. The zero-order chi connectivity index (χ0) is 25.4. The molecule has 2 amide bonds. The summed E-state index contributed by atoms with van der Waals surface area (Å²) in [5.41, 5.74) is 2.05. The van der Waals surface area contributed by atoms with Gasteiger partial charge in [0.05, 0.1) is 19.4 Å². The van der Waals surface area contributed by atoms with E-state index in [1.54, 1.807) is 37.1 Å². The molecule has 0 aliphatic heterocycles. The molecule has 1 N–H and O–H groups in total. The van der Waals surface area contributed by atoms with E-state index in [4.69, 9.17) is 9.47 Å². The van der Waals surface area contributed by atoms with Gasteiger partial charge in [-0.25, -0.2) is 9.37 Å². The first-order chi connectivity index (χ1) is 16.8. The smallest absolute Gasteiger partial charge is 0.246 e. The van der Waals surface area contributed by atoms with Crippen LogP contribution in [0.25, 0.3) is 16.9 Å². The van der Waals surface area contributed by atoms with Crippen LogP contribution in [0.2, 0.25) is 0 Å². The Hall–Kier alpha value is -3.72. The lowest BCUT2D eigenvalue weighted by molar-refractivity contribution is -0.136. The van der Waals surface area contributed by atoms with E-state index < -0.39 is 5.91 Å². The van der Waals surface area contributed by atoms with Crippen molar-refractivity contribution in [1.29, 1.82) is 0 Å². The number of ether oxygens (including phenoxy) is 2. The van der Waals surface area contributed by atoms with E-state index in [0.717, 1.165) is 5.56 Å². The third kappa shape index (κ3) is 7.13. The second-order valence-electron chi connectivity index (χ2n) is 8.48. The molecule has 3 rings (SSSR count).